The molecule has 1 aliphatic rings. The molecule has 0 spiro atoms. The average molecular weight is 377 g/mol. The number of benzene rings is 1. The Kier molecular flexibility index (Phi) is 5.39. The van der Waals surface area contributed by atoms with Gasteiger partial charge in [-0.25, -0.2) is 0 Å². The molecule has 8 heteroatoms. The highest BCUT2D eigenvalue weighted by molar-refractivity contribution is 8.01. The molecule has 2 aromatic rings. The van der Waals surface area contributed by atoms with Crippen molar-refractivity contribution < 1.29 is 9.59 Å². The van der Waals surface area contributed by atoms with Gasteiger partial charge < -0.3 is 5.32 Å². The first-order valence-electron chi connectivity index (χ1n) is 8.07. The van der Waals surface area contributed by atoms with Crippen molar-refractivity contribution in [2.45, 2.75) is 44.0 Å². The third-order valence-corrected chi connectivity index (χ3v) is 5.89. The Balaban J connectivity index is 1.56. The van der Waals surface area contributed by atoms with E-state index < -0.39 is 0 Å². The molecule has 0 bridgehead atoms. The first-order valence-corrected chi connectivity index (χ1v) is 9.87. The Morgan fingerprint density at radius 2 is 2.08 bits per heavy atom. The molecule has 1 aromatic carbocycles. The number of anilines is 2. The first kappa shape index (κ1) is 17.9. The molecule has 0 saturated heterocycles. The zero-order valence-electron chi connectivity index (χ0n) is 14.4. The predicted octanol–water partition coefficient (Wildman–Crippen LogP) is 3.40. The summed E-state index contributed by atoms with van der Waals surface area (Å²) in [6.45, 7) is 5.54. The van der Waals surface area contributed by atoms with E-state index in [9.17, 15) is 9.59 Å². The van der Waals surface area contributed by atoms with E-state index in [0.29, 0.717) is 9.47 Å². The lowest BCUT2D eigenvalue weighted by Gasteiger charge is -2.15. The monoisotopic (exact) mass is 376 g/mol. The quantitative estimate of drug-likeness (QED) is 0.618. The lowest BCUT2D eigenvalue weighted by atomic mass is 10.1. The molecule has 0 unspecified atom stereocenters. The Bertz CT molecular complexity index is 802. The van der Waals surface area contributed by atoms with Crippen molar-refractivity contribution in [2.24, 2.45) is 0 Å². The number of carbonyl (C=O) groups is 2. The van der Waals surface area contributed by atoms with Crippen molar-refractivity contribution in [1.29, 1.82) is 0 Å². The van der Waals surface area contributed by atoms with E-state index in [1.54, 1.807) is 11.8 Å². The molecular weight excluding hydrogens is 356 g/mol. The minimum absolute atomic E-state index is 0.0113. The van der Waals surface area contributed by atoms with E-state index in [1.807, 2.05) is 32.0 Å². The molecular formula is C17H20N4O2S2. The van der Waals surface area contributed by atoms with Gasteiger partial charge in [-0.3, -0.25) is 14.5 Å². The highest BCUT2D eigenvalue weighted by atomic mass is 32.2. The van der Waals surface area contributed by atoms with E-state index >= 15 is 0 Å². The number of carbonyl (C=O) groups excluding carboxylic acids is 2. The lowest BCUT2D eigenvalue weighted by molar-refractivity contribution is -0.116. The normalized spacial score (nSPS) is 13.6. The fourth-order valence-corrected chi connectivity index (χ4v) is 4.26. The van der Waals surface area contributed by atoms with Crippen molar-refractivity contribution in [3.63, 3.8) is 0 Å². The van der Waals surface area contributed by atoms with Gasteiger partial charge in [-0.15, -0.1) is 10.2 Å². The summed E-state index contributed by atoms with van der Waals surface area (Å²) < 4.78 is 0.692. The summed E-state index contributed by atoms with van der Waals surface area (Å²) in [5, 5.41) is 11.7. The number of nitrogens with one attached hydrogen (secondary N) is 1. The second kappa shape index (κ2) is 7.53. The van der Waals surface area contributed by atoms with Crippen molar-refractivity contribution in [2.75, 3.05) is 16.0 Å². The molecule has 25 heavy (non-hydrogen) atoms. The van der Waals surface area contributed by atoms with Crippen molar-refractivity contribution >= 4 is 45.7 Å². The molecule has 2 amide bonds. The molecule has 0 radical (unpaired) electrons. The van der Waals surface area contributed by atoms with Crippen LogP contribution in [0, 0.1) is 13.8 Å². The molecule has 132 valence electrons. The fourth-order valence-electron chi connectivity index (χ4n) is 2.51. The lowest BCUT2D eigenvalue weighted by Crippen LogP contribution is -2.30. The summed E-state index contributed by atoms with van der Waals surface area (Å²) in [5.41, 5.74) is 3.03. The maximum Gasteiger partial charge on any atom is 0.234 e. The maximum atomic E-state index is 12.2. The standard InChI is InChI=1S/C17H20N4O2S2/c1-10-4-7-14(11(2)8-10)18-15(23)9-24-17-20-19-16(25-17)21(12(3)22)13-5-6-13/h4,7-8,13H,5-6,9H2,1-3H3,(H,18,23). The van der Waals surface area contributed by atoms with E-state index in [1.165, 1.54) is 23.1 Å². The maximum absolute atomic E-state index is 12.2. The van der Waals surface area contributed by atoms with Crippen LogP contribution < -0.4 is 10.2 Å². The number of hydrogen-bond donors (Lipinski definition) is 1. The number of amides is 2. The highest BCUT2D eigenvalue weighted by Crippen LogP contribution is 2.35. The number of aryl methyl sites for hydroxylation is 2. The van der Waals surface area contributed by atoms with Crippen molar-refractivity contribution in [3.8, 4) is 0 Å². The number of aromatic nitrogens is 2. The van der Waals surface area contributed by atoms with Crippen molar-refractivity contribution in [3.05, 3.63) is 29.3 Å². The van der Waals surface area contributed by atoms with Gasteiger partial charge in [0.05, 0.1) is 5.75 Å². The zero-order valence-corrected chi connectivity index (χ0v) is 16.0. The number of rotatable bonds is 6. The summed E-state index contributed by atoms with van der Waals surface area (Å²) in [6.07, 6.45) is 2.03. The largest absolute Gasteiger partial charge is 0.325 e. The fraction of sp³-hybridized carbons (Fsp3) is 0.412. The Labute approximate surface area is 155 Å². The van der Waals surface area contributed by atoms with Gasteiger partial charge >= 0.3 is 0 Å². The summed E-state index contributed by atoms with van der Waals surface area (Å²) in [4.78, 5) is 25.6. The van der Waals surface area contributed by atoms with E-state index in [0.717, 1.165) is 29.7 Å². The Morgan fingerprint density at radius 3 is 2.72 bits per heavy atom. The van der Waals surface area contributed by atoms with Crippen LogP contribution in [-0.2, 0) is 9.59 Å². The van der Waals surface area contributed by atoms with Gasteiger partial charge in [0.15, 0.2) is 4.34 Å². The van der Waals surface area contributed by atoms with Crippen LogP contribution in [0.25, 0.3) is 0 Å². The molecule has 0 atom stereocenters. The van der Waals surface area contributed by atoms with Crippen LogP contribution in [0.3, 0.4) is 0 Å². The third-order valence-electron chi connectivity index (χ3n) is 3.84. The Morgan fingerprint density at radius 1 is 1.32 bits per heavy atom. The van der Waals surface area contributed by atoms with Gasteiger partial charge in [0, 0.05) is 18.7 Å². The Hall–Kier alpha value is -1.93. The summed E-state index contributed by atoms with van der Waals surface area (Å²) in [6, 6.07) is 6.18. The molecule has 1 fully saturated rings. The summed E-state index contributed by atoms with van der Waals surface area (Å²) in [5.74, 6) is 0.160. The van der Waals surface area contributed by atoms with Crippen LogP contribution in [0.5, 0.6) is 0 Å². The number of nitrogens with zero attached hydrogens (tertiary/aromatic N) is 3. The minimum atomic E-state index is -0.0840. The summed E-state index contributed by atoms with van der Waals surface area (Å²) in [7, 11) is 0. The number of thioether (sulfide) groups is 1. The zero-order chi connectivity index (χ0) is 18.0. The van der Waals surface area contributed by atoms with Gasteiger partial charge in [0.1, 0.15) is 0 Å². The molecule has 3 rings (SSSR count). The van der Waals surface area contributed by atoms with Gasteiger partial charge in [0.2, 0.25) is 16.9 Å². The summed E-state index contributed by atoms with van der Waals surface area (Å²) >= 11 is 2.69. The molecule has 6 nitrogen and oxygen atoms in total. The topological polar surface area (TPSA) is 75.2 Å². The SMILES string of the molecule is CC(=O)N(c1nnc(SCC(=O)Nc2ccc(C)cc2C)s1)C1CC1. The molecule has 1 N–H and O–H groups in total. The van der Waals surface area contributed by atoms with Crippen LogP contribution in [0.2, 0.25) is 0 Å². The molecule has 1 aliphatic carbocycles. The second-order valence-electron chi connectivity index (χ2n) is 6.13. The predicted molar refractivity (Wildman–Crippen MR) is 101 cm³/mol. The minimum Gasteiger partial charge on any atom is -0.325 e. The number of hydrogen-bond acceptors (Lipinski definition) is 6. The smallest absolute Gasteiger partial charge is 0.234 e. The average Bonchev–Trinajstić information content (AvgIpc) is 3.26. The van der Waals surface area contributed by atoms with E-state index in [4.69, 9.17) is 0 Å². The second-order valence-corrected chi connectivity index (χ2v) is 8.30. The van der Waals surface area contributed by atoms with Crippen LogP contribution >= 0.6 is 23.1 Å². The van der Waals surface area contributed by atoms with Gasteiger partial charge in [-0.1, -0.05) is 40.8 Å². The molecule has 1 saturated carbocycles. The van der Waals surface area contributed by atoms with E-state index in [2.05, 4.69) is 15.5 Å². The van der Waals surface area contributed by atoms with Crippen molar-refractivity contribution in [1.82, 2.24) is 10.2 Å². The molecule has 1 heterocycles. The third kappa shape index (κ3) is 4.58. The molecule has 0 aliphatic heterocycles. The molecule has 1 aromatic heterocycles. The van der Waals surface area contributed by atoms with Crippen LogP contribution in [0.1, 0.15) is 30.9 Å². The van der Waals surface area contributed by atoms with Gasteiger partial charge in [0.25, 0.3) is 0 Å². The van der Waals surface area contributed by atoms with Crippen LogP contribution in [-0.4, -0.2) is 33.8 Å². The first-order chi connectivity index (χ1) is 11.9. The van der Waals surface area contributed by atoms with Gasteiger partial charge in [-0.2, -0.15) is 0 Å². The van der Waals surface area contributed by atoms with E-state index in [-0.39, 0.29) is 23.6 Å². The van der Waals surface area contributed by atoms with Crippen LogP contribution in [0.4, 0.5) is 10.8 Å². The van der Waals surface area contributed by atoms with Crippen LogP contribution in [0.15, 0.2) is 22.5 Å². The highest BCUT2D eigenvalue weighted by Gasteiger charge is 2.34. The van der Waals surface area contributed by atoms with Gasteiger partial charge in [-0.05, 0) is 38.3 Å².